The van der Waals surface area contributed by atoms with E-state index in [0.29, 0.717) is 6.42 Å². The third kappa shape index (κ3) is 7.05. The minimum atomic E-state index is -1.36. The molecular weight excluding hydrogens is 512 g/mol. The van der Waals surface area contributed by atoms with Gasteiger partial charge < -0.3 is 24.8 Å². The van der Waals surface area contributed by atoms with Crippen LogP contribution in [0.5, 0.6) is 0 Å². The molecule has 0 aromatic heterocycles. The SMILES string of the molecule is CCCN(CC(=O)O)C(=O)[C@H](CC(=O)OCc1ccccc1)NC(=O)OCC1c2ccccc2-c2ccccc21. The van der Waals surface area contributed by atoms with Gasteiger partial charge in [-0.3, -0.25) is 14.4 Å². The second kappa shape index (κ2) is 13.4. The molecule has 0 fully saturated rings. The summed E-state index contributed by atoms with van der Waals surface area (Å²) in [5, 5.41) is 11.8. The number of benzene rings is 3. The third-order valence-electron chi connectivity index (χ3n) is 6.68. The molecule has 0 spiro atoms. The van der Waals surface area contributed by atoms with E-state index in [4.69, 9.17) is 9.47 Å². The van der Waals surface area contributed by atoms with Crippen LogP contribution in [-0.4, -0.2) is 59.7 Å². The Morgan fingerprint density at radius 1 is 0.875 bits per heavy atom. The zero-order valence-corrected chi connectivity index (χ0v) is 22.2. The topological polar surface area (TPSA) is 122 Å². The Labute approximate surface area is 232 Å². The van der Waals surface area contributed by atoms with E-state index in [2.05, 4.69) is 5.32 Å². The number of carboxylic acid groups (broad SMARTS) is 1. The smallest absolute Gasteiger partial charge is 0.407 e. The lowest BCUT2D eigenvalue weighted by atomic mass is 9.98. The monoisotopic (exact) mass is 544 g/mol. The fourth-order valence-corrected chi connectivity index (χ4v) is 4.87. The summed E-state index contributed by atoms with van der Waals surface area (Å²) in [7, 11) is 0. The van der Waals surface area contributed by atoms with Crippen LogP contribution in [-0.2, 0) is 30.5 Å². The molecule has 1 aliphatic rings. The van der Waals surface area contributed by atoms with Gasteiger partial charge in [0.05, 0.1) is 6.42 Å². The Bertz CT molecular complexity index is 1310. The zero-order chi connectivity index (χ0) is 28.5. The summed E-state index contributed by atoms with van der Waals surface area (Å²) in [6, 6.07) is 23.5. The first kappa shape index (κ1) is 28.4. The number of nitrogens with zero attached hydrogens (tertiary/aromatic N) is 1. The Morgan fingerprint density at radius 3 is 2.08 bits per heavy atom. The van der Waals surface area contributed by atoms with Crippen LogP contribution in [0.15, 0.2) is 78.9 Å². The van der Waals surface area contributed by atoms with Crippen LogP contribution in [0.4, 0.5) is 4.79 Å². The van der Waals surface area contributed by atoms with Gasteiger partial charge in [0.25, 0.3) is 0 Å². The van der Waals surface area contributed by atoms with Crippen LogP contribution in [0, 0.1) is 0 Å². The Kier molecular flexibility index (Phi) is 9.51. The molecule has 9 heteroatoms. The van der Waals surface area contributed by atoms with Crippen molar-refractivity contribution in [2.45, 2.75) is 38.3 Å². The molecule has 0 saturated carbocycles. The largest absolute Gasteiger partial charge is 0.480 e. The van der Waals surface area contributed by atoms with Gasteiger partial charge in [-0.1, -0.05) is 85.8 Å². The van der Waals surface area contributed by atoms with E-state index in [1.165, 1.54) is 0 Å². The molecule has 0 heterocycles. The maximum Gasteiger partial charge on any atom is 0.407 e. The highest BCUT2D eigenvalue weighted by Gasteiger charge is 2.32. The number of nitrogens with one attached hydrogen (secondary N) is 1. The molecule has 3 aromatic rings. The second-order valence-corrected chi connectivity index (χ2v) is 9.53. The van der Waals surface area contributed by atoms with Gasteiger partial charge in [0, 0.05) is 12.5 Å². The molecule has 2 N–H and O–H groups in total. The van der Waals surface area contributed by atoms with Crippen LogP contribution in [0.1, 0.15) is 42.4 Å². The number of carboxylic acids is 1. The Hall–Kier alpha value is -4.66. The second-order valence-electron chi connectivity index (χ2n) is 9.53. The van der Waals surface area contributed by atoms with Crippen LogP contribution < -0.4 is 5.32 Å². The zero-order valence-electron chi connectivity index (χ0n) is 22.2. The lowest BCUT2D eigenvalue weighted by molar-refractivity contribution is -0.150. The van der Waals surface area contributed by atoms with Crippen LogP contribution in [0.25, 0.3) is 11.1 Å². The number of aliphatic carboxylic acids is 1. The summed E-state index contributed by atoms with van der Waals surface area (Å²) in [5.41, 5.74) is 4.98. The summed E-state index contributed by atoms with van der Waals surface area (Å²) < 4.78 is 10.9. The van der Waals surface area contributed by atoms with E-state index in [1.54, 1.807) is 19.1 Å². The first-order valence-corrected chi connectivity index (χ1v) is 13.2. The van der Waals surface area contributed by atoms with Crippen molar-refractivity contribution in [1.29, 1.82) is 0 Å². The number of hydrogen-bond donors (Lipinski definition) is 2. The molecule has 0 saturated heterocycles. The molecule has 2 amide bonds. The molecule has 3 aromatic carbocycles. The number of ether oxygens (including phenoxy) is 2. The fourth-order valence-electron chi connectivity index (χ4n) is 4.87. The number of amides is 2. The third-order valence-corrected chi connectivity index (χ3v) is 6.68. The lowest BCUT2D eigenvalue weighted by Crippen LogP contribution is -2.51. The predicted molar refractivity (Wildman–Crippen MR) is 147 cm³/mol. The van der Waals surface area contributed by atoms with E-state index >= 15 is 0 Å². The van der Waals surface area contributed by atoms with Gasteiger partial charge in [0.15, 0.2) is 0 Å². The normalized spacial score (nSPS) is 12.5. The van der Waals surface area contributed by atoms with Crippen LogP contribution in [0.3, 0.4) is 0 Å². The molecule has 208 valence electrons. The number of carbonyl (C=O) groups excluding carboxylic acids is 3. The van der Waals surface area contributed by atoms with Gasteiger partial charge in [-0.2, -0.15) is 0 Å². The number of alkyl carbamates (subject to hydrolysis) is 1. The molecule has 9 nitrogen and oxygen atoms in total. The minimum Gasteiger partial charge on any atom is -0.480 e. The summed E-state index contributed by atoms with van der Waals surface area (Å²) >= 11 is 0. The number of hydrogen-bond acceptors (Lipinski definition) is 6. The average molecular weight is 545 g/mol. The van der Waals surface area contributed by atoms with Crippen molar-refractivity contribution in [3.8, 4) is 11.1 Å². The fraction of sp³-hybridized carbons (Fsp3) is 0.290. The maximum atomic E-state index is 13.3. The van der Waals surface area contributed by atoms with Gasteiger partial charge in [-0.15, -0.1) is 0 Å². The van der Waals surface area contributed by atoms with Gasteiger partial charge in [-0.25, -0.2) is 4.79 Å². The highest BCUT2D eigenvalue weighted by atomic mass is 16.5. The highest BCUT2D eigenvalue weighted by molar-refractivity contribution is 5.91. The minimum absolute atomic E-state index is 0.000666. The molecule has 1 atom stereocenters. The summed E-state index contributed by atoms with van der Waals surface area (Å²) in [6.07, 6.45) is -0.868. The van der Waals surface area contributed by atoms with Gasteiger partial charge >= 0.3 is 18.0 Å². The molecule has 0 aliphatic heterocycles. The van der Waals surface area contributed by atoms with E-state index in [-0.39, 0.29) is 25.7 Å². The first-order valence-electron chi connectivity index (χ1n) is 13.2. The van der Waals surface area contributed by atoms with Crippen molar-refractivity contribution < 1.29 is 33.8 Å². The molecule has 0 unspecified atom stereocenters. The summed E-state index contributed by atoms with van der Waals surface area (Å²) in [5.74, 6) is -2.80. The van der Waals surface area contributed by atoms with Crippen molar-refractivity contribution >= 4 is 23.9 Å². The number of esters is 1. The Balaban J connectivity index is 1.45. The summed E-state index contributed by atoms with van der Waals surface area (Å²) in [6.45, 7) is 1.40. The van der Waals surface area contributed by atoms with Crippen LogP contribution in [0.2, 0.25) is 0 Å². The van der Waals surface area contributed by atoms with Crippen molar-refractivity contribution in [2.24, 2.45) is 0 Å². The first-order chi connectivity index (χ1) is 19.4. The quantitative estimate of drug-likeness (QED) is 0.325. The van der Waals surface area contributed by atoms with Gasteiger partial charge in [-0.05, 0) is 34.2 Å². The van der Waals surface area contributed by atoms with E-state index in [9.17, 15) is 24.3 Å². The van der Waals surface area contributed by atoms with Crippen molar-refractivity contribution in [1.82, 2.24) is 10.2 Å². The standard InChI is InChI=1S/C31H32N2O7/c1-2-16-33(18-28(34)35)30(37)27(17-29(36)39-19-21-10-4-3-5-11-21)32-31(38)40-20-26-24-14-8-6-12-22(24)23-13-7-9-15-25(23)26/h3-15,26-27H,2,16-20H2,1H3,(H,32,38)(H,34,35)/t27-/m0/s1. The molecule has 4 rings (SSSR count). The van der Waals surface area contributed by atoms with E-state index in [0.717, 1.165) is 32.7 Å². The molecular formula is C31H32N2O7. The number of carbonyl (C=O) groups is 4. The Morgan fingerprint density at radius 2 is 1.48 bits per heavy atom. The number of fused-ring (bicyclic) bond motifs is 3. The lowest BCUT2D eigenvalue weighted by Gasteiger charge is -2.26. The molecule has 0 bridgehead atoms. The average Bonchev–Trinajstić information content (AvgIpc) is 3.28. The van der Waals surface area contributed by atoms with Gasteiger partial charge in [0.1, 0.15) is 25.8 Å². The van der Waals surface area contributed by atoms with Crippen molar-refractivity contribution in [3.05, 3.63) is 95.6 Å². The predicted octanol–water partition coefficient (Wildman–Crippen LogP) is 4.35. The highest BCUT2D eigenvalue weighted by Crippen LogP contribution is 2.44. The van der Waals surface area contributed by atoms with E-state index in [1.807, 2.05) is 66.7 Å². The maximum absolute atomic E-state index is 13.3. The van der Waals surface area contributed by atoms with Crippen molar-refractivity contribution in [2.75, 3.05) is 19.7 Å². The molecule has 1 aliphatic carbocycles. The number of rotatable bonds is 12. The summed E-state index contributed by atoms with van der Waals surface area (Å²) in [4.78, 5) is 51.3. The van der Waals surface area contributed by atoms with E-state index < -0.39 is 42.9 Å². The molecule has 0 radical (unpaired) electrons. The van der Waals surface area contributed by atoms with Gasteiger partial charge in [0.2, 0.25) is 5.91 Å². The molecule has 40 heavy (non-hydrogen) atoms. The van der Waals surface area contributed by atoms with Crippen LogP contribution >= 0.6 is 0 Å². The van der Waals surface area contributed by atoms with Crippen molar-refractivity contribution in [3.63, 3.8) is 0 Å².